The lowest BCUT2D eigenvalue weighted by atomic mass is 9.94. The molecule has 1 aliphatic rings. The highest BCUT2D eigenvalue weighted by molar-refractivity contribution is 5.73. The van der Waals surface area contributed by atoms with Crippen molar-refractivity contribution in [3.05, 3.63) is 121 Å². The van der Waals surface area contributed by atoms with Gasteiger partial charge in [-0.25, -0.2) is 0 Å². The third-order valence-corrected chi connectivity index (χ3v) is 4.12. The van der Waals surface area contributed by atoms with Crippen LogP contribution in [0.25, 0.3) is 0 Å². The van der Waals surface area contributed by atoms with Crippen molar-refractivity contribution in [3.8, 4) is 0 Å². The molecular weight excluding hydrogens is 356 g/mol. The van der Waals surface area contributed by atoms with Crippen molar-refractivity contribution in [2.24, 2.45) is 5.92 Å². The van der Waals surface area contributed by atoms with Crippen LogP contribution in [0.3, 0.4) is 0 Å². The third kappa shape index (κ3) is 11.3. The van der Waals surface area contributed by atoms with Gasteiger partial charge in [0.05, 0.1) is 13.0 Å². The highest BCUT2D eigenvalue weighted by Gasteiger charge is 2.09. The van der Waals surface area contributed by atoms with Crippen LogP contribution < -0.4 is 0 Å². The maximum absolute atomic E-state index is 11.6. The first kappa shape index (κ1) is 23.9. The molecule has 0 aromatic heterocycles. The molecule has 1 atom stereocenters. The molecule has 0 spiro atoms. The van der Waals surface area contributed by atoms with E-state index in [1.54, 1.807) is 6.08 Å². The SMILES string of the molecule is C=C/C=C(\C=C\C=C\C=C\C=C(\C)C=C)/C=C/C1C=CC(CC(=O)OCC)=CC1. The predicted molar refractivity (Wildman–Crippen MR) is 125 cm³/mol. The minimum absolute atomic E-state index is 0.173. The number of carbonyl (C=O) groups is 1. The second kappa shape index (κ2) is 14.9. The summed E-state index contributed by atoms with van der Waals surface area (Å²) >= 11 is 0. The minimum atomic E-state index is -0.173. The number of rotatable bonds is 11. The van der Waals surface area contributed by atoms with Gasteiger partial charge in [0.1, 0.15) is 0 Å². The topological polar surface area (TPSA) is 26.3 Å². The predicted octanol–water partition coefficient (Wildman–Crippen LogP) is 6.91. The summed E-state index contributed by atoms with van der Waals surface area (Å²) in [7, 11) is 0. The standard InChI is InChI=1S/C27H32O2/c1-5-13-24(15-12-10-8-9-11-14-23(4)6-2)16-17-25-18-20-26(21-19-25)22-27(28)29-7-3/h5-6,8-18,20-21,25H,1-2,7,19,22H2,3-4H3/b10-8+,11-9+,15-12+,17-16+,23-14-,24-13+. The molecule has 0 saturated heterocycles. The van der Waals surface area contributed by atoms with Crippen molar-refractivity contribution in [2.45, 2.75) is 26.7 Å². The molecule has 2 heteroatoms. The first-order valence-electron chi connectivity index (χ1n) is 9.93. The van der Waals surface area contributed by atoms with E-state index in [2.05, 4.69) is 37.5 Å². The number of esters is 1. The molecule has 152 valence electrons. The Bertz CT molecular complexity index is 792. The van der Waals surface area contributed by atoms with Gasteiger partial charge in [0.25, 0.3) is 0 Å². The van der Waals surface area contributed by atoms with Crippen molar-refractivity contribution in [1.82, 2.24) is 0 Å². The molecular formula is C27H32O2. The average Bonchev–Trinajstić information content (AvgIpc) is 2.72. The van der Waals surface area contributed by atoms with Crippen LogP contribution in [0.2, 0.25) is 0 Å². The Balaban J connectivity index is 2.57. The molecule has 0 aliphatic heterocycles. The molecule has 0 bridgehead atoms. The number of hydrogen-bond acceptors (Lipinski definition) is 2. The second-order valence-electron chi connectivity index (χ2n) is 6.52. The molecule has 29 heavy (non-hydrogen) atoms. The smallest absolute Gasteiger partial charge is 0.310 e. The first-order valence-corrected chi connectivity index (χ1v) is 9.93. The molecule has 0 fully saturated rings. The van der Waals surface area contributed by atoms with Crippen LogP contribution in [0.4, 0.5) is 0 Å². The summed E-state index contributed by atoms with van der Waals surface area (Å²) in [6.45, 7) is 11.8. The summed E-state index contributed by atoms with van der Waals surface area (Å²) < 4.78 is 4.99. The van der Waals surface area contributed by atoms with Gasteiger partial charge < -0.3 is 4.74 Å². The fourth-order valence-electron chi connectivity index (χ4n) is 2.51. The molecule has 0 radical (unpaired) electrons. The number of hydrogen-bond donors (Lipinski definition) is 0. The summed E-state index contributed by atoms with van der Waals surface area (Å²) in [5.41, 5.74) is 3.23. The Morgan fingerprint density at radius 2 is 1.90 bits per heavy atom. The Kier molecular flexibility index (Phi) is 12.3. The quantitative estimate of drug-likeness (QED) is 0.284. The Hall–Kier alpha value is -3.13. The van der Waals surface area contributed by atoms with Gasteiger partial charge in [0, 0.05) is 0 Å². The van der Waals surface area contributed by atoms with E-state index in [1.165, 1.54) is 0 Å². The van der Waals surface area contributed by atoms with Gasteiger partial charge in [-0.05, 0) is 37.3 Å². The molecule has 0 N–H and O–H groups in total. The van der Waals surface area contributed by atoms with Crippen molar-refractivity contribution >= 4 is 5.97 Å². The van der Waals surface area contributed by atoms with Crippen LogP contribution >= 0.6 is 0 Å². The Morgan fingerprint density at radius 3 is 2.55 bits per heavy atom. The molecule has 0 amide bonds. The van der Waals surface area contributed by atoms with Crippen LogP contribution in [0, 0.1) is 5.92 Å². The van der Waals surface area contributed by atoms with Gasteiger partial charge in [-0.3, -0.25) is 4.79 Å². The van der Waals surface area contributed by atoms with Gasteiger partial charge in [-0.15, -0.1) is 0 Å². The fourth-order valence-corrected chi connectivity index (χ4v) is 2.51. The normalized spacial score (nSPS) is 18.1. The van der Waals surface area contributed by atoms with Crippen molar-refractivity contribution in [1.29, 1.82) is 0 Å². The second-order valence-corrected chi connectivity index (χ2v) is 6.52. The van der Waals surface area contributed by atoms with E-state index in [4.69, 9.17) is 4.74 Å². The number of allylic oxidation sites excluding steroid dienone is 17. The molecule has 1 aliphatic carbocycles. The molecule has 0 aromatic rings. The summed E-state index contributed by atoms with van der Waals surface area (Å²) in [4.78, 5) is 11.6. The van der Waals surface area contributed by atoms with Crippen LogP contribution in [-0.2, 0) is 9.53 Å². The Labute approximate surface area is 176 Å². The lowest BCUT2D eigenvalue weighted by Crippen LogP contribution is -2.06. The van der Waals surface area contributed by atoms with Crippen molar-refractivity contribution < 1.29 is 9.53 Å². The van der Waals surface area contributed by atoms with E-state index in [0.717, 1.165) is 23.1 Å². The summed E-state index contributed by atoms with van der Waals surface area (Å²) in [5.74, 6) is 0.148. The van der Waals surface area contributed by atoms with E-state index < -0.39 is 0 Å². The summed E-state index contributed by atoms with van der Waals surface area (Å²) in [6.07, 6.45) is 31.3. The fraction of sp³-hybridized carbons (Fsp3) is 0.222. The van der Waals surface area contributed by atoms with E-state index >= 15 is 0 Å². The molecule has 0 aromatic carbocycles. The summed E-state index contributed by atoms with van der Waals surface area (Å²) in [6, 6.07) is 0. The average molecular weight is 389 g/mol. The van der Waals surface area contributed by atoms with Crippen LogP contribution in [-0.4, -0.2) is 12.6 Å². The van der Waals surface area contributed by atoms with Gasteiger partial charge in [-0.2, -0.15) is 0 Å². The van der Waals surface area contributed by atoms with Gasteiger partial charge in [0.2, 0.25) is 0 Å². The lowest BCUT2D eigenvalue weighted by Gasteiger charge is -2.12. The van der Waals surface area contributed by atoms with E-state index in [9.17, 15) is 4.79 Å². The van der Waals surface area contributed by atoms with E-state index in [-0.39, 0.29) is 5.97 Å². The molecule has 2 nitrogen and oxygen atoms in total. The van der Waals surface area contributed by atoms with Gasteiger partial charge in [0.15, 0.2) is 0 Å². The highest BCUT2D eigenvalue weighted by atomic mass is 16.5. The van der Waals surface area contributed by atoms with Gasteiger partial charge in [-0.1, -0.05) is 110 Å². The van der Waals surface area contributed by atoms with Crippen LogP contribution in [0.1, 0.15) is 26.7 Å². The molecule has 1 unspecified atom stereocenters. The number of ether oxygens (including phenoxy) is 1. The van der Waals surface area contributed by atoms with E-state index in [1.807, 2.05) is 74.6 Å². The maximum Gasteiger partial charge on any atom is 0.310 e. The van der Waals surface area contributed by atoms with Crippen molar-refractivity contribution in [3.63, 3.8) is 0 Å². The zero-order valence-electron chi connectivity index (χ0n) is 17.6. The Morgan fingerprint density at radius 1 is 1.14 bits per heavy atom. The third-order valence-electron chi connectivity index (χ3n) is 4.12. The van der Waals surface area contributed by atoms with Gasteiger partial charge >= 0.3 is 5.97 Å². The highest BCUT2D eigenvalue weighted by Crippen LogP contribution is 2.20. The molecule has 0 heterocycles. The van der Waals surface area contributed by atoms with E-state index in [0.29, 0.717) is 18.9 Å². The largest absolute Gasteiger partial charge is 0.466 e. The van der Waals surface area contributed by atoms with Crippen molar-refractivity contribution in [2.75, 3.05) is 6.61 Å². The number of carbonyl (C=O) groups excluding carboxylic acids is 1. The zero-order chi connectivity index (χ0) is 21.3. The van der Waals surface area contributed by atoms with Crippen LogP contribution in [0.15, 0.2) is 121 Å². The zero-order valence-corrected chi connectivity index (χ0v) is 17.6. The molecule has 1 rings (SSSR count). The lowest BCUT2D eigenvalue weighted by molar-refractivity contribution is -0.142. The van der Waals surface area contributed by atoms with Crippen LogP contribution in [0.5, 0.6) is 0 Å². The minimum Gasteiger partial charge on any atom is -0.466 e. The molecule has 0 saturated carbocycles. The monoisotopic (exact) mass is 388 g/mol. The first-order chi connectivity index (χ1) is 14.1. The summed E-state index contributed by atoms with van der Waals surface area (Å²) in [5, 5.41) is 0. The maximum atomic E-state index is 11.6.